The highest BCUT2D eigenvalue weighted by atomic mass is 32.2. The summed E-state index contributed by atoms with van der Waals surface area (Å²) in [6, 6.07) is 9.29. The maximum absolute atomic E-state index is 11.9. The molecule has 0 saturated carbocycles. The van der Waals surface area contributed by atoms with Crippen molar-refractivity contribution in [1.82, 2.24) is 15.5 Å². The number of carbonyl (C=O) groups is 1. The van der Waals surface area contributed by atoms with Crippen LogP contribution >= 0.6 is 0 Å². The second-order valence-electron chi connectivity index (χ2n) is 5.61. The second kappa shape index (κ2) is 7.72. The molecule has 0 unspecified atom stereocenters. The predicted molar refractivity (Wildman–Crippen MR) is 97.5 cm³/mol. The number of nitro benzene ring substituents is 1. The number of nitro groups is 1. The van der Waals surface area contributed by atoms with E-state index in [2.05, 4.69) is 15.5 Å². The van der Waals surface area contributed by atoms with Gasteiger partial charge in [0.15, 0.2) is 16.3 Å². The molecule has 1 heterocycles. The summed E-state index contributed by atoms with van der Waals surface area (Å²) in [5.74, 6) is -0.549. The Morgan fingerprint density at radius 2 is 1.97 bits per heavy atom. The van der Waals surface area contributed by atoms with E-state index in [9.17, 15) is 33.0 Å². The fourth-order valence-electron chi connectivity index (χ4n) is 2.62. The number of hydrogen-bond donors (Lipinski definition) is 3. The number of anilines is 2. The molecule has 15 heteroatoms. The Balaban J connectivity index is 2.29. The minimum atomic E-state index is -5.01. The van der Waals surface area contributed by atoms with Gasteiger partial charge in [-0.1, -0.05) is 23.4 Å². The van der Waals surface area contributed by atoms with Crippen LogP contribution in [-0.2, 0) is 10.1 Å². The summed E-state index contributed by atoms with van der Waals surface area (Å²) in [6.07, 6.45) is -1.44. The number of amides is 1. The lowest BCUT2D eigenvalue weighted by Gasteiger charge is -2.13. The molecule has 1 aromatic heterocycles. The SMILES string of the molecule is COc1cc([N+](=O)[O-])c(S(=O)(=O)O)cc1-[n+]1[nH]nnc1N(C(=O)O)c1ccccc1. The second-order valence-corrected chi connectivity index (χ2v) is 7.00. The molecular formula is C15H13N6O8S+. The van der Waals surface area contributed by atoms with Crippen molar-refractivity contribution in [2.45, 2.75) is 4.90 Å². The van der Waals surface area contributed by atoms with Gasteiger partial charge in [0.25, 0.3) is 5.69 Å². The molecule has 0 saturated heterocycles. The first-order valence-corrected chi connectivity index (χ1v) is 9.34. The van der Waals surface area contributed by atoms with Gasteiger partial charge in [-0.15, -0.1) is 9.58 Å². The van der Waals surface area contributed by atoms with Crippen molar-refractivity contribution in [1.29, 1.82) is 0 Å². The van der Waals surface area contributed by atoms with Crippen LogP contribution in [0.5, 0.6) is 5.75 Å². The summed E-state index contributed by atoms with van der Waals surface area (Å²) in [4.78, 5) is 21.8. The lowest BCUT2D eigenvalue weighted by molar-refractivity contribution is -0.647. The summed E-state index contributed by atoms with van der Waals surface area (Å²) in [6.45, 7) is 0. The lowest BCUT2D eigenvalue weighted by Crippen LogP contribution is -2.42. The lowest BCUT2D eigenvalue weighted by atomic mass is 10.2. The van der Waals surface area contributed by atoms with E-state index >= 15 is 0 Å². The first kappa shape index (κ1) is 20.6. The van der Waals surface area contributed by atoms with Crippen molar-refractivity contribution in [3.8, 4) is 11.4 Å². The van der Waals surface area contributed by atoms with Crippen LogP contribution in [0.15, 0.2) is 47.4 Å². The molecule has 3 rings (SSSR count). The van der Waals surface area contributed by atoms with Crippen molar-refractivity contribution >= 4 is 33.5 Å². The molecule has 0 aliphatic rings. The van der Waals surface area contributed by atoms with Crippen molar-refractivity contribution in [3.63, 3.8) is 0 Å². The highest BCUT2D eigenvalue weighted by Gasteiger charge is 2.35. The van der Waals surface area contributed by atoms with Gasteiger partial charge in [0.1, 0.15) is 5.21 Å². The van der Waals surface area contributed by atoms with E-state index in [0.29, 0.717) is 0 Å². The third-order valence-corrected chi connectivity index (χ3v) is 4.75. The monoisotopic (exact) mass is 437 g/mol. The predicted octanol–water partition coefficient (Wildman–Crippen LogP) is 1.06. The van der Waals surface area contributed by atoms with Gasteiger partial charge >= 0.3 is 22.2 Å². The van der Waals surface area contributed by atoms with Gasteiger partial charge in [-0.3, -0.25) is 14.7 Å². The van der Waals surface area contributed by atoms with Gasteiger partial charge in [-0.25, -0.2) is 4.79 Å². The van der Waals surface area contributed by atoms with Crippen LogP contribution in [0.1, 0.15) is 0 Å². The minimum Gasteiger partial charge on any atom is -0.493 e. The zero-order valence-corrected chi connectivity index (χ0v) is 15.8. The van der Waals surface area contributed by atoms with E-state index in [4.69, 9.17) is 4.74 Å². The molecule has 3 aromatic rings. The van der Waals surface area contributed by atoms with Gasteiger partial charge in [0, 0.05) is 6.07 Å². The van der Waals surface area contributed by atoms with Gasteiger partial charge in [-0.05, 0) is 12.1 Å². The third kappa shape index (κ3) is 3.74. The largest absolute Gasteiger partial charge is 0.493 e. The van der Waals surface area contributed by atoms with Crippen LogP contribution in [0, 0.1) is 10.1 Å². The number of aromatic nitrogens is 4. The number of tetrazole rings is 1. The maximum atomic E-state index is 11.9. The van der Waals surface area contributed by atoms with E-state index in [0.717, 1.165) is 28.8 Å². The van der Waals surface area contributed by atoms with E-state index < -0.39 is 31.7 Å². The number of nitrogens with zero attached hydrogens (tertiary/aromatic N) is 5. The Morgan fingerprint density at radius 1 is 1.30 bits per heavy atom. The Hall–Kier alpha value is -4.11. The zero-order chi connectivity index (χ0) is 22.1. The zero-order valence-electron chi connectivity index (χ0n) is 15.0. The highest BCUT2D eigenvalue weighted by Crippen LogP contribution is 2.33. The first-order chi connectivity index (χ1) is 14.1. The van der Waals surface area contributed by atoms with E-state index in [1.165, 1.54) is 12.1 Å². The van der Waals surface area contributed by atoms with Gasteiger partial charge < -0.3 is 9.84 Å². The molecule has 0 bridgehead atoms. The average molecular weight is 437 g/mol. The fraction of sp³-hybridized carbons (Fsp3) is 0.0667. The number of benzene rings is 2. The van der Waals surface area contributed by atoms with Crippen LogP contribution in [-0.4, -0.2) is 51.7 Å². The van der Waals surface area contributed by atoms with E-state index in [1.54, 1.807) is 18.2 Å². The summed E-state index contributed by atoms with van der Waals surface area (Å²) < 4.78 is 38.8. The highest BCUT2D eigenvalue weighted by molar-refractivity contribution is 7.86. The molecule has 14 nitrogen and oxygen atoms in total. The normalized spacial score (nSPS) is 11.1. The number of H-pyrrole nitrogens is 1. The van der Waals surface area contributed by atoms with Gasteiger partial charge in [-0.2, -0.15) is 8.42 Å². The number of methoxy groups -OCH3 is 1. The topological polar surface area (TPSA) is 193 Å². The molecule has 2 aromatic carbocycles. The van der Waals surface area contributed by atoms with Crippen molar-refractivity contribution in [2.24, 2.45) is 0 Å². The standard InChI is InChI=1S/C15H12N6O8S/c1-29-12-7-11(21(24)25)13(30(26,27)28)8-10(12)20-14(16-17-18-20)19(15(22)23)9-5-3-2-4-6-9/h2-8H,1H3,(H2,22,23,26,27,28)/p+1. The molecule has 0 atom stereocenters. The smallest absolute Gasteiger partial charge is 0.465 e. The van der Waals surface area contributed by atoms with Gasteiger partial charge in [0.2, 0.25) is 0 Å². The van der Waals surface area contributed by atoms with Crippen molar-refractivity contribution in [2.75, 3.05) is 12.0 Å². The molecule has 0 aliphatic carbocycles. The number of hydrogen-bond acceptors (Lipinski definition) is 8. The van der Waals surface area contributed by atoms with E-state index in [-0.39, 0.29) is 23.1 Å². The minimum absolute atomic E-state index is 0.184. The molecule has 3 N–H and O–H groups in total. The number of para-hydroxylation sites is 1. The number of nitrogens with one attached hydrogen (secondary N) is 1. The molecule has 0 aliphatic heterocycles. The summed E-state index contributed by atoms with van der Waals surface area (Å²) in [5, 5.41) is 30.5. The number of carboxylic acid groups (broad SMARTS) is 1. The van der Waals surface area contributed by atoms with Crippen LogP contribution in [0.3, 0.4) is 0 Å². The number of aromatic amines is 1. The Morgan fingerprint density at radius 3 is 2.50 bits per heavy atom. The molecule has 1 amide bonds. The summed E-state index contributed by atoms with van der Waals surface area (Å²) in [5.41, 5.74) is -0.965. The van der Waals surface area contributed by atoms with Crippen LogP contribution < -0.4 is 14.3 Å². The quantitative estimate of drug-likeness (QED) is 0.217. The molecule has 0 fully saturated rings. The Labute approximate surface area is 167 Å². The summed E-state index contributed by atoms with van der Waals surface area (Å²) in [7, 11) is -3.86. The van der Waals surface area contributed by atoms with Crippen molar-refractivity contribution < 1.29 is 37.2 Å². The average Bonchev–Trinajstić information content (AvgIpc) is 3.15. The maximum Gasteiger partial charge on any atom is 0.465 e. The third-order valence-electron chi connectivity index (χ3n) is 3.87. The fourth-order valence-corrected chi connectivity index (χ4v) is 3.28. The number of ether oxygens (including phenoxy) is 1. The molecule has 156 valence electrons. The van der Waals surface area contributed by atoms with Crippen LogP contribution in [0.4, 0.5) is 22.1 Å². The molecular weight excluding hydrogens is 424 g/mol. The van der Waals surface area contributed by atoms with Gasteiger partial charge in [0.05, 0.1) is 28.9 Å². The van der Waals surface area contributed by atoms with E-state index in [1.807, 2.05) is 0 Å². The molecule has 0 spiro atoms. The van der Waals surface area contributed by atoms with Crippen molar-refractivity contribution in [3.05, 3.63) is 52.6 Å². The first-order valence-electron chi connectivity index (χ1n) is 7.90. The molecule has 0 radical (unpaired) electrons. The van der Waals surface area contributed by atoms with Crippen LogP contribution in [0.2, 0.25) is 0 Å². The number of rotatable bonds is 6. The summed E-state index contributed by atoms with van der Waals surface area (Å²) >= 11 is 0. The Kier molecular flexibility index (Phi) is 5.31. The Bertz CT molecular complexity index is 1230. The van der Waals surface area contributed by atoms with Crippen LogP contribution in [0.25, 0.3) is 5.69 Å². The molecule has 30 heavy (non-hydrogen) atoms.